The van der Waals surface area contributed by atoms with Gasteiger partial charge >= 0.3 is 0 Å². The van der Waals surface area contributed by atoms with E-state index in [9.17, 15) is 8.42 Å². The molecule has 0 saturated carbocycles. The van der Waals surface area contributed by atoms with E-state index in [1.165, 1.54) is 11.8 Å². The van der Waals surface area contributed by atoms with Gasteiger partial charge in [-0.25, -0.2) is 8.42 Å². The molecule has 0 aromatic heterocycles. The molecule has 0 saturated heterocycles. The number of hydrogen-bond donors (Lipinski definition) is 2. The largest absolute Gasteiger partial charge is 0.492 e. The lowest BCUT2D eigenvalue weighted by atomic mass is 9.87. The zero-order valence-corrected chi connectivity index (χ0v) is 19.3. The molecule has 0 radical (unpaired) electrons. The fourth-order valence-corrected chi connectivity index (χ4v) is 3.47. The first-order valence-electron chi connectivity index (χ1n) is 10.1. The Hall–Kier alpha value is -2.54. The monoisotopic (exact) mass is 431 g/mol. The highest BCUT2D eigenvalue weighted by molar-refractivity contribution is 7.90. The summed E-state index contributed by atoms with van der Waals surface area (Å²) in [5.74, 6) is 1.56. The number of nitrogens with one attached hydrogen (secondary N) is 2. The van der Waals surface area contributed by atoms with Crippen molar-refractivity contribution in [3.8, 4) is 5.75 Å². The second-order valence-electron chi connectivity index (χ2n) is 8.21. The van der Waals surface area contributed by atoms with Crippen LogP contribution in [0.5, 0.6) is 5.75 Å². The van der Waals surface area contributed by atoms with E-state index in [1.807, 2.05) is 24.3 Å². The van der Waals surface area contributed by atoms with Gasteiger partial charge in [0.1, 0.15) is 12.4 Å². The Bertz CT molecular complexity index is 929. The van der Waals surface area contributed by atoms with Gasteiger partial charge in [-0.15, -0.1) is 0 Å². The highest BCUT2D eigenvalue weighted by atomic mass is 32.2. The lowest BCUT2D eigenvalue weighted by Crippen LogP contribution is -2.40. The minimum absolute atomic E-state index is 0.133. The smallest absolute Gasteiger partial charge is 0.191 e. The van der Waals surface area contributed by atoms with E-state index in [0.29, 0.717) is 30.6 Å². The molecule has 0 aliphatic rings. The fourth-order valence-electron chi connectivity index (χ4n) is 2.84. The molecule has 0 bridgehead atoms. The van der Waals surface area contributed by atoms with E-state index in [4.69, 9.17) is 4.74 Å². The quantitative estimate of drug-likeness (QED) is 0.381. The van der Waals surface area contributed by atoms with Gasteiger partial charge in [-0.05, 0) is 47.2 Å². The third-order valence-corrected chi connectivity index (χ3v) is 5.79. The minimum atomic E-state index is -3.16. The van der Waals surface area contributed by atoms with Crippen molar-refractivity contribution in [3.63, 3.8) is 0 Å². The van der Waals surface area contributed by atoms with Gasteiger partial charge in [-0.2, -0.15) is 0 Å². The fraction of sp³-hybridized carbons (Fsp3) is 0.435. The summed E-state index contributed by atoms with van der Waals surface area (Å²) >= 11 is 0. The molecular formula is C23H33N3O3S. The van der Waals surface area contributed by atoms with Crippen molar-refractivity contribution in [1.29, 1.82) is 0 Å². The first-order chi connectivity index (χ1) is 14.1. The van der Waals surface area contributed by atoms with E-state index in [2.05, 4.69) is 48.5 Å². The highest BCUT2D eigenvalue weighted by Gasteiger charge is 2.13. The lowest BCUT2D eigenvalue weighted by molar-refractivity contribution is 0.321. The van der Waals surface area contributed by atoms with Crippen LogP contribution in [-0.2, 0) is 21.7 Å². The number of ether oxygens (including phenoxy) is 1. The highest BCUT2D eigenvalue weighted by Crippen LogP contribution is 2.24. The number of hydrogen-bond acceptors (Lipinski definition) is 4. The Morgan fingerprint density at radius 3 is 2.10 bits per heavy atom. The summed E-state index contributed by atoms with van der Waals surface area (Å²) in [5, 5.41) is 6.48. The molecular weight excluding hydrogens is 398 g/mol. The van der Waals surface area contributed by atoms with Crippen LogP contribution in [0.15, 0.2) is 58.4 Å². The topological polar surface area (TPSA) is 79.8 Å². The Kier molecular flexibility index (Phi) is 8.29. The molecule has 0 atom stereocenters. The molecule has 7 heteroatoms. The number of nitrogens with zero attached hydrogens (tertiary/aromatic N) is 1. The maximum atomic E-state index is 11.5. The molecule has 2 N–H and O–H groups in total. The third-order valence-electron chi connectivity index (χ3n) is 4.66. The summed E-state index contributed by atoms with van der Waals surface area (Å²) in [4.78, 5) is 4.55. The molecule has 2 rings (SSSR count). The Balaban J connectivity index is 1.70. The van der Waals surface area contributed by atoms with Crippen LogP contribution >= 0.6 is 0 Å². The van der Waals surface area contributed by atoms with Crippen LogP contribution in [0, 0.1) is 0 Å². The van der Waals surface area contributed by atoms with Gasteiger partial charge < -0.3 is 15.4 Å². The van der Waals surface area contributed by atoms with Crippen LogP contribution in [0.1, 0.15) is 31.9 Å². The standard InChI is InChI=1S/C23H33N3O3S/c1-23(2,3)19-8-10-20(11-9-19)29-17-16-26-22(24-4)25-15-14-18-6-12-21(13-7-18)30(5,27)28/h6-13H,14-17H2,1-5H3,(H2,24,25,26). The summed E-state index contributed by atoms with van der Waals surface area (Å²) in [6.45, 7) is 8.42. The number of benzene rings is 2. The molecule has 164 valence electrons. The second-order valence-corrected chi connectivity index (χ2v) is 10.2. The van der Waals surface area contributed by atoms with Crippen LogP contribution in [0.25, 0.3) is 0 Å². The molecule has 6 nitrogen and oxygen atoms in total. The molecule has 0 spiro atoms. The first kappa shape index (κ1) is 23.7. The van der Waals surface area contributed by atoms with Crippen LogP contribution in [0.3, 0.4) is 0 Å². The molecule has 0 heterocycles. The van der Waals surface area contributed by atoms with Crippen molar-refractivity contribution in [1.82, 2.24) is 10.6 Å². The van der Waals surface area contributed by atoms with E-state index >= 15 is 0 Å². The third kappa shape index (κ3) is 7.71. The normalized spacial score (nSPS) is 12.5. The van der Waals surface area contributed by atoms with Crippen LogP contribution in [0.2, 0.25) is 0 Å². The summed E-state index contributed by atoms with van der Waals surface area (Å²) in [5.41, 5.74) is 2.48. The molecule has 2 aromatic carbocycles. The number of aliphatic imine (C=N–C) groups is 1. The average Bonchev–Trinajstić information content (AvgIpc) is 2.69. The number of guanidine groups is 1. The van der Waals surface area contributed by atoms with Gasteiger partial charge in [-0.3, -0.25) is 4.99 Å². The second kappa shape index (κ2) is 10.5. The number of rotatable bonds is 8. The van der Waals surface area contributed by atoms with E-state index in [1.54, 1.807) is 19.2 Å². The van der Waals surface area contributed by atoms with Crippen molar-refractivity contribution in [3.05, 3.63) is 59.7 Å². The molecule has 0 aliphatic carbocycles. The predicted octanol–water partition coefficient (Wildman–Crippen LogP) is 3.17. The zero-order valence-electron chi connectivity index (χ0n) is 18.5. The Morgan fingerprint density at radius 2 is 1.57 bits per heavy atom. The van der Waals surface area contributed by atoms with Gasteiger partial charge in [0.2, 0.25) is 0 Å². The lowest BCUT2D eigenvalue weighted by Gasteiger charge is -2.19. The summed E-state index contributed by atoms with van der Waals surface area (Å²) in [7, 11) is -1.43. The van der Waals surface area contributed by atoms with Gasteiger partial charge in [-0.1, -0.05) is 45.0 Å². The van der Waals surface area contributed by atoms with Crippen molar-refractivity contribution < 1.29 is 13.2 Å². The maximum absolute atomic E-state index is 11.5. The van der Waals surface area contributed by atoms with Gasteiger partial charge in [0.05, 0.1) is 11.4 Å². The summed E-state index contributed by atoms with van der Waals surface area (Å²) in [6, 6.07) is 15.2. The van der Waals surface area contributed by atoms with Crippen molar-refractivity contribution in [2.24, 2.45) is 4.99 Å². The molecule has 30 heavy (non-hydrogen) atoms. The molecule has 0 fully saturated rings. The summed E-state index contributed by atoms with van der Waals surface area (Å²) < 4.78 is 28.8. The predicted molar refractivity (Wildman–Crippen MR) is 123 cm³/mol. The van der Waals surface area contributed by atoms with E-state index < -0.39 is 9.84 Å². The van der Waals surface area contributed by atoms with Crippen LogP contribution < -0.4 is 15.4 Å². The minimum Gasteiger partial charge on any atom is -0.492 e. The van der Waals surface area contributed by atoms with Crippen molar-refractivity contribution in [2.75, 3.05) is 33.0 Å². The first-order valence-corrected chi connectivity index (χ1v) is 12.0. The molecule has 0 amide bonds. The van der Waals surface area contributed by atoms with Crippen molar-refractivity contribution in [2.45, 2.75) is 37.5 Å². The van der Waals surface area contributed by atoms with Crippen molar-refractivity contribution >= 4 is 15.8 Å². The number of sulfone groups is 1. The van der Waals surface area contributed by atoms with E-state index in [-0.39, 0.29) is 5.41 Å². The van der Waals surface area contributed by atoms with Crippen LogP contribution in [0.4, 0.5) is 0 Å². The maximum Gasteiger partial charge on any atom is 0.191 e. The SMILES string of the molecule is CN=C(NCCOc1ccc(C(C)(C)C)cc1)NCCc1ccc(S(C)(=O)=O)cc1. The van der Waals surface area contributed by atoms with Gasteiger partial charge in [0.15, 0.2) is 15.8 Å². The Morgan fingerprint density at radius 1 is 0.967 bits per heavy atom. The van der Waals surface area contributed by atoms with Gasteiger partial charge in [0.25, 0.3) is 0 Å². The van der Waals surface area contributed by atoms with E-state index in [0.717, 1.165) is 17.7 Å². The molecule has 0 aliphatic heterocycles. The van der Waals surface area contributed by atoms with Crippen LogP contribution in [-0.4, -0.2) is 47.4 Å². The summed E-state index contributed by atoms with van der Waals surface area (Å²) in [6.07, 6.45) is 1.98. The average molecular weight is 432 g/mol. The molecule has 2 aromatic rings. The zero-order chi connectivity index (χ0) is 22.2. The van der Waals surface area contributed by atoms with Gasteiger partial charge in [0, 0.05) is 19.8 Å². The molecule has 0 unspecified atom stereocenters. The Labute approximate surface area is 180 Å².